The lowest BCUT2D eigenvalue weighted by molar-refractivity contribution is -0.118. The number of rotatable bonds is 1. The van der Waals surface area contributed by atoms with Crippen molar-refractivity contribution in [3.63, 3.8) is 0 Å². The van der Waals surface area contributed by atoms with Gasteiger partial charge in [-0.3, -0.25) is 14.9 Å². The largest absolute Gasteiger partial charge is 0.292 e. The van der Waals surface area contributed by atoms with Gasteiger partial charge < -0.3 is 0 Å². The molecule has 0 heterocycles. The zero-order chi connectivity index (χ0) is 10.7. The van der Waals surface area contributed by atoms with Gasteiger partial charge in [-0.2, -0.15) is 0 Å². The van der Waals surface area contributed by atoms with Crippen LogP contribution in [0.2, 0.25) is 0 Å². The average molecular weight is 199 g/mol. The third kappa shape index (κ3) is 2.12. The topological polar surface area (TPSA) is 46.2 Å². The summed E-state index contributed by atoms with van der Waals surface area (Å²) in [5, 5.41) is 1.84. The Balaban J connectivity index is 3.01. The van der Waals surface area contributed by atoms with Crippen LogP contribution in [-0.4, -0.2) is 11.8 Å². The molecule has 0 bridgehead atoms. The van der Waals surface area contributed by atoms with Gasteiger partial charge in [0.05, 0.1) is 5.56 Å². The predicted molar refractivity (Wildman–Crippen MR) is 44.5 cm³/mol. The number of hydrogen-bond acceptors (Lipinski definition) is 2. The van der Waals surface area contributed by atoms with Crippen molar-refractivity contribution in [3.05, 3.63) is 35.4 Å². The van der Waals surface area contributed by atoms with E-state index in [0.717, 1.165) is 19.1 Å². The highest BCUT2D eigenvalue weighted by Gasteiger charge is 2.15. The van der Waals surface area contributed by atoms with Gasteiger partial charge in [0.1, 0.15) is 0 Å². The minimum atomic E-state index is -1.26. The molecule has 1 rings (SSSR count). The van der Waals surface area contributed by atoms with Crippen molar-refractivity contribution in [3.8, 4) is 0 Å². The number of halogens is 2. The molecule has 5 heteroatoms. The third-order valence-corrected chi connectivity index (χ3v) is 1.49. The standard InChI is InChI=1S/C9H7F2NO2/c1-5(13)12-9(14)6-3-2-4-7(10)8(6)11/h2-4H,1H3,(H,12,13,14). The number of imide groups is 1. The Morgan fingerprint density at radius 3 is 2.50 bits per heavy atom. The van der Waals surface area contributed by atoms with E-state index in [-0.39, 0.29) is 0 Å². The van der Waals surface area contributed by atoms with Crippen LogP contribution in [0.3, 0.4) is 0 Å². The molecule has 0 spiro atoms. The maximum Gasteiger partial charge on any atom is 0.260 e. The quantitative estimate of drug-likeness (QED) is 0.739. The highest BCUT2D eigenvalue weighted by molar-refractivity contribution is 6.04. The van der Waals surface area contributed by atoms with E-state index >= 15 is 0 Å². The fourth-order valence-electron chi connectivity index (χ4n) is 0.906. The summed E-state index contributed by atoms with van der Waals surface area (Å²) in [5.41, 5.74) is -0.486. The molecule has 0 aliphatic heterocycles. The lowest BCUT2D eigenvalue weighted by Crippen LogP contribution is -2.28. The molecule has 74 valence electrons. The third-order valence-electron chi connectivity index (χ3n) is 1.49. The summed E-state index contributed by atoms with van der Waals surface area (Å²) in [7, 11) is 0. The highest BCUT2D eigenvalue weighted by Crippen LogP contribution is 2.10. The van der Waals surface area contributed by atoms with Crippen LogP contribution >= 0.6 is 0 Å². The molecule has 0 atom stereocenters. The second-order valence-corrected chi connectivity index (χ2v) is 2.61. The molecule has 1 N–H and O–H groups in total. The fourth-order valence-corrected chi connectivity index (χ4v) is 0.906. The zero-order valence-electron chi connectivity index (χ0n) is 7.30. The molecule has 2 amide bonds. The van der Waals surface area contributed by atoms with Crippen LogP contribution in [0.15, 0.2) is 18.2 Å². The van der Waals surface area contributed by atoms with Gasteiger partial charge in [-0.1, -0.05) is 6.07 Å². The molecule has 1 aromatic carbocycles. The SMILES string of the molecule is CC(=O)NC(=O)c1cccc(F)c1F. The number of benzene rings is 1. The van der Waals surface area contributed by atoms with E-state index in [1.165, 1.54) is 6.07 Å². The average Bonchev–Trinajstić information content (AvgIpc) is 2.08. The van der Waals surface area contributed by atoms with E-state index in [0.29, 0.717) is 0 Å². The second kappa shape index (κ2) is 3.95. The van der Waals surface area contributed by atoms with E-state index in [2.05, 4.69) is 0 Å². The van der Waals surface area contributed by atoms with Gasteiger partial charge in [0.2, 0.25) is 5.91 Å². The Morgan fingerprint density at radius 2 is 1.93 bits per heavy atom. The summed E-state index contributed by atoms with van der Waals surface area (Å²) in [6, 6.07) is 3.17. The summed E-state index contributed by atoms with van der Waals surface area (Å²) in [6.07, 6.45) is 0. The maximum absolute atomic E-state index is 13.0. The molecule has 0 aromatic heterocycles. The molecule has 0 saturated carbocycles. The molecule has 0 unspecified atom stereocenters. The van der Waals surface area contributed by atoms with Crippen molar-refractivity contribution in [2.45, 2.75) is 6.92 Å². The summed E-state index contributed by atoms with van der Waals surface area (Å²) in [5.74, 6) is -3.96. The molecule has 14 heavy (non-hydrogen) atoms. The van der Waals surface area contributed by atoms with Crippen LogP contribution in [0.25, 0.3) is 0 Å². The second-order valence-electron chi connectivity index (χ2n) is 2.61. The first-order chi connectivity index (χ1) is 6.52. The molecule has 3 nitrogen and oxygen atoms in total. The van der Waals surface area contributed by atoms with Crippen molar-refractivity contribution < 1.29 is 18.4 Å². The number of nitrogens with one attached hydrogen (secondary N) is 1. The molecule has 0 radical (unpaired) electrons. The zero-order valence-corrected chi connectivity index (χ0v) is 7.30. The van der Waals surface area contributed by atoms with E-state index in [9.17, 15) is 18.4 Å². The molecular weight excluding hydrogens is 192 g/mol. The Kier molecular flexibility index (Phi) is 2.91. The summed E-state index contributed by atoms with van der Waals surface area (Å²) in [6.45, 7) is 1.11. The van der Waals surface area contributed by atoms with E-state index in [1.807, 2.05) is 5.32 Å². The summed E-state index contributed by atoms with van der Waals surface area (Å²) < 4.78 is 25.6. The van der Waals surface area contributed by atoms with Crippen LogP contribution < -0.4 is 5.32 Å². The lowest BCUT2D eigenvalue weighted by Gasteiger charge is -2.02. The predicted octanol–water partition coefficient (Wildman–Crippen LogP) is 1.24. The Morgan fingerprint density at radius 1 is 1.29 bits per heavy atom. The normalized spacial score (nSPS) is 9.64. The molecule has 0 fully saturated rings. The minimum Gasteiger partial charge on any atom is -0.292 e. The maximum atomic E-state index is 13.0. The van der Waals surface area contributed by atoms with Gasteiger partial charge >= 0.3 is 0 Å². The first-order valence-corrected chi connectivity index (χ1v) is 3.78. The van der Waals surface area contributed by atoms with Gasteiger partial charge in [-0.15, -0.1) is 0 Å². The Bertz CT molecular complexity index is 390. The number of hydrogen-bond donors (Lipinski definition) is 1. The number of amides is 2. The lowest BCUT2D eigenvalue weighted by atomic mass is 10.2. The van der Waals surface area contributed by atoms with E-state index in [4.69, 9.17) is 0 Å². The van der Waals surface area contributed by atoms with Crippen LogP contribution in [-0.2, 0) is 4.79 Å². The fraction of sp³-hybridized carbons (Fsp3) is 0.111. The highest BCUT2D eigenvalue weighted by atomic mass is 19.2. The van der Waals surface area contributed by atoms with Gasteiger partial charge in [0, 0.05) is 6.92 Å². The van der Waals surface area contributed by atoms with Crippen molar-refractivity contribution in [2.75, 3.05) is 0 Å². The smallest absolute Gasteiger partial charge is 0.260 e. The molecule has 0 saturated heterocycles. The van der Waals surface area contributed by atoms with E-state index < -0.39 is 29.0 Å². The first-order valence-electron chi connectivity index (χ1n) is 3.78. The Hall–Kier alpha value is -1.78. The molecular formula is C9H7F2NO2. The van der Waals surface area contributed by atoms with Crippen LogP contribution in [0.5, 0.6) is 0 Å². The minimum absolute atomic E-state index is 0.486. The van der Waals surface area contributed by atoms with Crippen LogP contribution in [0.4, 0.5) is 8.78 Å². The number of carbonyl (C=O) groups is 2. The molecule has 0 aliphatic rings. The van der Waals surface area contributed by atoms with Crippen LogP contribution in [0, 0.1) is 11.6 Å². The van der Waals surface area contributed by atoms with Crippen molar-refractivity contribution in [1.82, 2.24) is 5.32 Å². The van der Waals surface area contributed by atoms with E-state index in [1.54, 1.807) is 0 Å². The van der Waals surface area contributed by atoms with Gasteiger partial charge in [-0.05, 0) is 12.1 Å². The first kappa shape index (κ1) is 10.3. The number of carbonyl (C=O) groups excluding carboxylic acids is 2. The molecule has 1 aromatic rings. The van der Waals surface area contributed by atoms with Crippen molar-refractivity contribution in [1.29, 1.82) is 0 Å². The van der Waals surface area contributed by atoms with Gasteiger partial charge in [-0.25, -0.2) is 8.78 Å². The van der Waals surface area contributed by atoms with Crippen molar-refractivity contribution >= 4 is 11.8 Å². The Labute approximate surface area is 78.7 Å². The van der Waals surface area contributed by atoms with Gasteiger partial charge in [0.25, 0.3) is 5.91 Å². The molecule has 0 aliphatic carbocycles. The van der Waals surface area contributed by atoms with Crippen LogP contribution in [0.1, 0.15) is 17.3 Å². The van der Waals surface area contributed by atoms with Crippen molar-refractivity contribution in [2.24, 2.45) is 0 Å². The summed E-state index contributed by atoms with van der Waals surface area (Å²) >= 11 is 0. The monoisotopic (exact) mass is 199 g/mol. The summed E-state index contributed by atoms with van der Waals surface area (Å²) in [4.78, 5) is 21.6. The van der Waals surface area contributed by atoms with Gasteiger partial charge in [0.15, 0.2) is 11.6 Å².